The van der Waals surface area contributed by atoms with Crippen molar-refractivity contribution in [1.29, 1.82) is 0 Å². The highest BCUT2D eigenvalue weighted by atomic mass is 32.2. The summed E-state index contributed by atoms with van der Waals surface area (Å²) in [4.78, 5) is -0.0556. The summed E-state index contributed by atoms with van der Waals surface area (Å²) < 4.78 is 23.2. The first-order valence-electron chi connectivity index (χ1n) is 4.03. The van der Waals surface area contributed by atoms with Crippen LogP contribution in [-0.4, -0.2) is 19.3 Å². The third-order valence-corrected chi connectivity index (χ3v) is 3.80. The van der Waals surface area contributed by atoms with Crippen molar-refractivity contribution < 1.29 is 13.5 Å². The highest BCUT2D eigenvalue weighted by Crippen LogP contribution is 2.35. The Kier molecular flexibility index (Phi) is 1.78. The van der Waals surface area contributed by atoms with Gasteiger partial charge in [-0.05, 0) is 11.6 Å². The molecule has 0 saturated carbocycles. The Morgan fingerprint density at radius 2 is 2.07 bits per heavy atom. The molecular weight excluding hydrogens is 202 g/mol. The molecule has 5 heteroatoms. The van der Waals surface area contributed by atoms with Gasteiger partial charge in [-0.2, -0.15) is 0 Å². The van der Waals surface area contributed by atoms with Gasteiger partial charge in [0.05, 0.1) is 11.4 Å². The van der Waals surface area contributed by atoms with Crippen LogP contribution in [0.15, 0.2) is 23.1 Å². The minimum Gasteiger partial charge on any atom is -0.504 e. The van der Waals surface area contributed by atoms with Gasteiger partial charge in [0.2, 0.25) is 0 Å². The number of hydrogen-bond acceptors (Lipinski definition) is 4. The van der Waals surface area contributed by atoms with Crippen LogP contribution in [0.2, 0.25) is 0 Å². The van der Waals surface area contributed by atoms with Crippen molar-refractivity contribution >= 4 is 21.6 Å². The molecule has 0 amide bonds. The van der Waals surface area contributed by atoms with E-state index in [2.05, 4.69) is 0 Å². The quantitative estimate of drug-likeness (QED) is 0.490. The lowest BCUT2D eigenvalue weighted by Crippen LogP contribution is -2.11. The zero-order chi connectivity index (χ0) is 10.3. The lowest BCUT2D eigenvalue weighted by molar-refractivity contribution is 0.461. The van der Waals surface area contributed by atoms with Gasteiger partial charge in [-0.3, -0.25) is 0 Å². The molecule has 2 rings (SSSR count). The average molecular weight is 211 g/mol. The molecule has 0 saturated heterocycles. The van der Waals surface area contributed by atoms with E-state index in [-0.39, 0.29) is 22.1 Å². The van der Waals surface area contributed by atoms with Crippen molar-refractivity contribution in [3.8, 4) is 5.75 Å². The highest BCUT2D eigenvalue weighted by molar-refractivity contribution is 7.91. The summed E-state index contributed by atoms with van der Waals surface area (Å²) >= 11 is 0. The summed E-state index contributed by atoms with van der Waals surface area (Å²) in [5.41, 5.74) is 6.00. The summed E-state index contributed by atoms with van der Waals surface area (Å²) in [6.07, 6.45) is 3.21. The molecule has 0 aromatic heterocycles. The highest BCUT2D eigenvalue weighted by Gasteiger charge is 2.25. The first-order chi connectivity index (χ1) is 6.52. The first kappa shape index (κ1) is 9.08. The number of fused-ring (bicyclic) bond motifs is 1. The number of phenolic OH excluding ortho intramolecular Hbond substituents is 1. The van der Waals surface area contributed by atoms with Gasteiger partial charge in [0.15, 0.2) is 15.6 Å². The Labute approximate surface area is 81.6 Å². The molecule has 1 aliphatic rings. The maximum absolute atomic E-state index is 11.6. The fourth-order valence-corrected chi connectivity index (χ4v) is 2.87. The molecule has 0 bridgehead atoms. The second kappa shape index (κ2) is 2.75. The SMILES string of the molecule is Nc1ccc2c(c1O)S(=O)(=O)CC=C2. The van der Waals surface area contributed by atoms with Crippen molar-refractivity contribution in [3.05, 3.63) is 23.8 Å². The van der Waals surface area contributed by atoms with E-state index in [0.717, 1.165) is 0 Å². The Hall–Kier alpha value is -1.49. The maximum Gasteiger partial charge on any atom is 0.186 e. The van der Waals surface area contributed by atoms with E-state index in [1.165, 1.54) is 6.07 Å². The number of nitrogens with two attached hydrogens (primary N) is 1. The van der Waals surface area contributed by atoms with Gasteiger partial charge in [0.25, 0.3) is 0 Å². The van der Waals surface area contributed by atoms with Crippen LogP contribution in [0, 0.1) is 0 Å². The van der Waals surface area contributed by atoms with Gasteiger partial charge >= 0.3 is 0 Å². The smallest absolute Gasteiger partial charge is 0.186 e. The van der Waals surface area contributed by atoms with Crippen LogP contribution >= 0.6 is 0 Å². The van der Waals surface area contributed by atoms with E-state index in [4.69, 9.17) is 5.73 Å². The summed E-state index contributed by atoms with van der Waals surface area (Å²) in [6.45, 7) is 0. The summed E-state index contributed by atoms with van der Waals surface area (Å²) in [7, 11) is -3.41. The van der Waals surface area contributed by atoms with E-state index in [0.29, 0.717) is 5.56 Å². The fraction of sp³-hybridized carbons (Fsp3) is 0.111. The number of nitrogen functional groups attached to an aromatic ring is 1. The van der Waals surface area contributed by atoms with Crippen molar-refractivity contribution in [2.75, 3.05) is 11.5 Å². The number of benzene rings is 1. The third kappa shape index (κ3) is 1.17. The van der Waals surface area contributed by atoms with E-state index in [1.807, 2.05) is 0 Å². The van der Waals surface area contributed by atoms with Crippen molar-refractivity contribution in [2.45, 2.75) is 4.90 Å². The second-order valence-corrected chi connectivity index (χ2v) is 5.08. The topological polar surface area (TPSA) is 80.4 Å². The maximum atomic E-state index is 11.6. The molecule has 3 N–H and O–H groups in total. The molecule has 0 unspecified atom stereocenters. The number of rotatable bonds is 0. The number of sulfone groups is 1. The predicted octanol–water partition coefficient (Wildman–Crippen LogP) is 0.775. The fourth-order valence-electron chi connectivity index (χ4n) is 1.45. The minimum atomic E-state index is -3.41. The normalized spacial score (nSPS) is 17.7. The van der Waals surface area contributed by atoms with E-state index < -0.39 is 9.84 Å². The summed E-state index contributed by atoms with van der Waals surface area (Å²) in [6, 6.07) is 3.07. The van der Waals surface area contributed by atoms with Crippen molar-refractivity contribution in [1.82, 2.24) is 0 Å². The van der Waals surface area contributed by atoms with Gasteiger partial charge < -0.3 is 10.8 Å². The Bertz CT molecular complexity index is 517. The molecule has 1 aromatic rings. The van der Waals surface area contributed by atoms with Gasteiger partial charge in [-0.1, -0.05) is 18.2 Å². The average Bonchev–Trinajstić information content (AvgIpc) is 2.10. The first-order valence-corrected chi connectivity index (χ1v) is 5.68. The van der Waals surface area contributed by atoms with E-state index >= 15 is 0 Å². The molecule has 0 spiro atoms. The molecule has 1 heterocycles. The molecule has 0 atom stereocenters. The second-order valence-electron chi connectivity index (χ2n) is 3.11. The molecule has 74 valence electrons. The minimum absolute atomic E-state index is 0.0556. The summed E-state index contributed by atoms with van der Waals surface area (Å²) in [5.74, 6) is -0.427. The third-order valence-electron chi connectivity index (χ3n) is 2.12. The largest absolute Gasteiger partial charge is 0.504 e. The Balaban J connectivity index is 2.87. The van der Waals surface area contributed by atoms with Gasteiger partial charge in [-0.15, -0.1) is 0 Å². The Morgan fingerprint density at radius 1 is 1.36 bits per heavy atom. The number of hydrogen-bond donors (Lipinski definition) is 2. The lowest BCUT2D eigenvalue weighted by atomic mass is 10.1. The number of phenols is 1. The zero-order valence-electron chi connectivity index (χ0n) is 7.27. The molecule has 0 fully saturated rings. The number of aromatic hydroxyl groups is 1. The van der Waals surface area contributed by atoms with Crippen LogP contribution < -0.4 is 5.73 Å². The van der Waals surface area contributed by atoms with Crippen molar-refractivity contribution in [2.24, 2.45) is 0 Å². The van der Waals surface area contributed by atoms with Gasteiger partial charge in [0.1, 0.15) is 4.90 Å². The molecule has 1 aromatic carbocycles. The van der Waals surface area contributed by atoms with Crippen LogP contribution in [0.25, 0.3) is 6.08 Å². The van der Waals surface area contributed by atoms with Gasteiger partial charge in [-0.25, -0.2) is 8.42 Å². The standard InChI is InChI=1S/C9H9NO3S/c10-7-4-3-6-2-1-5-14(12,13)9(6)8(7)11/h1-4,11H,5,10H2. The molecule has 0 aliphatic carbocycles. The van der Waals surface area contributed by atoms with Gasteiger partial charge in [0, 0.05) is 0 Å². The lowest BCUT2D eigenvalue weighted by Gasteiger charge is -2.13. The molecule has 0 radical (unpaired) electrons. The molecule has 14 heavy (non-hydrogen) atoms. The zero-order valence-corrected chi connectivity index (χ0v) is 8.08. The van der Waals surface area contributed by atoms with Crippen molar-refractivity contribution in [3.63, 3.8) is 0 Å². The number of anilines is 1. The molecule has 4 nitrogen and oxygen atoms in total. The van der Waals surface area contributed by atoms with Crippen LogP contribution in [-0.2, 0) is 9.84 Å². The Morgan fingerprint density at radius 3 is 2.79 bits per heavy atom. The molecule has 1 aliphatic heterocycles. The monoisotopic (exact) mass is 211 g/mol. The summed E-state index contributed by atoms with van der Waals surface area (Å²) in [5, 5.41) is 9.54. The van der Waals surface area contributed by atoms with E-state index in [1.54, 1.807) is 18.2 Å². The van der Waals surface area contributed by atoms with Crippen LogP contribution in [0.4, 0.5) is 5.69 Å². The van der Waals surface area contributed by atoms with Crippen LogP contribution in [0.1, 0.15) is 5.56 Å². The molecular formula is C9H9NO3S. The van der Waals surface area contributed by atoms with Crippen LogP contribution in [0.5, 0.6) is 5.75 Å². The predicted molar refractivity (Wildman–Crippen MR) is 53.6 cm³/mol. The van der Waals surface area contributed by atoms with E-state index in [9.17, 15) is 13.5 Å². The van der Waals surface area contributed by atoms with Crippen LogP contribution in [0.3, 0.4) is 0 Å².